The highest BCUT2D eigenvalue weighted by atomic mass is 35.5. The molecule has 3 rings (SSSR count). The lowest BCUT2D eigenvalue weighted by Gasteiger charge is -2.13. The first kappa shape index (κ1) is 18.1. The third kappa shape index (κ3) is 4.28. The highest BCUT2D eigenvalue weighted by Gasteiger charge is 2.20. The number of anilines is 1. The molecule has 0 aliphatic carbocycles. The maximum Gasteiger partial charge on any atom is 0.359 e. The second kappa shape index (κ2) is 7.68. The van der Waals surface area contributed by atoms with Crippen molar-refractivity contribution >= 4 is 51.8 Å². The molecule has 0 bridgehead atoms. The first-order valence-corrected chi connectivity index (χ1v) is 8.38. The van der Waals surface area contributed by atoms with Crippen LogP contribution in [0.4, 0.5) is 5.69 Å². The predicted octanol–water partition coefficient (Wildman–Crippen LogP) is 4.12. The molecule has 0 aliphatic heterocycles. The topological polar surface area (TPSA) is 81.2 Å². The van der Waals surface area contributed by atoms with Crippen LogP contribution in [0.2, 0.25) is 10.0 Å². The van der Waals surface area contributed by atoms with Crippen LogP contribution in [-0.4, -0.2) is 27.9 Å². The zero-order valence-electron chi connectivity index (χ0n) is 13.6. The maximum atomic E-state index is 12.2. The standard InChI is InChI=1S/C18H13Cl2N3O3/c1-10(17(24)22-13-7-11(19)6-12(20)8-13)26-18(25)16-9-21-14-4-2-3-5-15(14)23-16/h2-10H,1H3,(H,22,24)/t10-/m0/s1. The quantitative estimate of drug-likeness (QED) is 0.678. The number of fused-ring (bicyclic) bond motifs is 1. The summed E-state index contributed by atoms with van der Waals surface area (Å²) in [6.45, 7) is 1.45. The zero-order chi connectivity index (χ0) is 18.7. The number of esters is 1. The van der Waals surface area contributed by atoms with Gasteiger partial charge in [-0.25, -0.2) is 9.78 Å². The summed E-state index contributed by atoms with van der Waals surface area (Å²) in [5.74, 6) is -1.26. The number of para-hydroxylation sites is 2. The molecule has 1 atom stereocenters. The number of nitrogens with one attached hydrogen (secondary N) is 1. The molecule has 1 N–H and O–H groups in total. The summed E-state index contributed by atoms with van der Waals surface area (Å²) >= 11 is 11.8. The largest absolute Gasteiger partial charge is 0.448 e. The highest BCUT2D eigenvalue weighted by Crippen LogP contribution is 2.22. The van der Waals surface area contributed by atoms with E-state index in [2.05, 4.69) is 15.3 Å². The number of ether oxygens (including phenoxy) is 1. The summed E-state index contributed by atoms with van der Waals surface area (Å²) in [4.78, 5) is 32.8. The Morgan fingerprint density at radius 2 is 1.73 bits per heavy atom. The second-order valence-electron chi connectivity index (χ2n) is 5.44. The van der Waals surface area contributed by atoms with Gasteiger partial charge in [-0.1, -0.05) is 35.3 Å². The zero-order valence-corrected chi connectivity index (χ0v) is 15.1. The molecule has 0 fully saturated rings. The van der Waals surface area contributed by atoms with Crippen molar-refractivity contribution in [3.63, 3.8) is 0 Å². The molecule has 0 radical (unpaired) electrons. The van der Waals surface area contributed by atoms with Gasteiger partial charge in [0, 0.05) is 15.7 Å². The molecule has 0 unspecified atom stereocenters. The van der Waals surface area contributed by atoms with Gasteiger partial charge >= 0.3 is 5.97 Å². The van der Waals surface area contributed by atoms with Crippen molar-refractivity contribution in [1.29, 1.82) is 0 Å². The van der Waals surface area contributed by atoms with E-state index in [1.165, 1.54) is 25.3 Å². The summed E-state index contributed by atoms with van der Waals surface area (Å²) in [5.41, 5.74) is 1.65. The van der Waals surface area contributed by atoms with Gasteiger partial charge in [-0.3, -0.25) is 9.78 Å². The molecule has 0 saturated carbocycles. The summed E-state index contributed by atoms with van der Waals surface area (Å²) in [6.07, 6.45) is 0.264. The molecule has 8 heteroatoms. The molecule has 132 valence electrons. The van der Waals surface area contributed by atoms with Crippen LogP contribution >= 0.6 is 23.2 Å². The van der Waals surface area contributed by atoms with E-state index in [4.69, 9.17) is 27.9 Å². The third-order valence-corrected chi connectivity index (χ3v) is 3.88. The van der Waals surface area contributed by atoms with Crippen LogP contribution < -0.4 is 5.32 Å². The van der Waals surface area contributed by atoms with Crippen molar-refractivity contribution in [2.75, 3.05) is 5.32 Å². The van der Waals surface area contributed by atoms with Gasteiger partial charge in [-0.2, -0.15) is 0 Å². The van der Waals surface area contributed by atoms with Gasteiger partial charge in [0.15, 0.2) is 11.8 Å². The van der Waals surface area contributed by atoms with E-state index in [0.717, 1.165) is 0 Å². The molecule has 3 aromatic rings. The Hall–Kier alpha value is -2.70. The second-order valence-corrected chi connectivity index (χ2v) is 6.31. The van der Waals surface area contributed by atoms with Gasteiger partial charge < -0.3 is 10.1 Å². The summed E-state index contributed by atoms with van der Waals surface area (Å²) in [7, 11) is 0. The Balaban J connectivity index is 1.68. The molecular formula is C18H13Cl2N3O3. The van der Waals surface area contributed by atoms with Crippen molar-refractivity contribution in [1.82, 2.24) is 9.97 Å². The predicted molar refractivity (Wildman–Crippen MR) is 99.5 cm³/mol. The van der Waals surface area contributed by atoms with Gasteiger partial charge in [0.05, 0.1) is 17.2 Å². The highest BCUT2D eigenvalue weighted by molar-refractivity contribution is 6.35. The number of benzene rings is 2. The lowest BCUT2D eigenvalue weighted by Crippen LogP contribution is -2.30. The minimum atomic E-state index is -1.05. The minimum absolute atomic E-state index is 0.0224. The number of amides is 1. The molecule has 6 nitrogen and oxygen atoms in total. The maximum absolute atomic E-state index is 12.2. The van der Waals surface area contributed by atoms with E-state index >= 15 is 0 Å². The molecule has 26 heavy (non-hydrogen) atoms. The van der Waals surface area contributed by atoms with Crippen molar-refractivity contribution < 1.29 is 14.3 Å². The Kier molecular flexibility index (Phi) is 5.35. The molecule has 2 aromatic carbocycles. The van der Waals surface area contributed by atoms with E-state index in [1.807, 2.05) is 6.07 Å². The van der Waals surface area contributed by atoms with E-state index < -0.39 is 18.0 Å². The number of aromatic nitrogens is 2. The monoisotopic (exact) mass is 389 g/mol. The number of rotatable bonds is 4. The Labute approximate surface area is 159 Å². The summed E-state index contributed by atoms with van der Waals surface area (Å²) in [5, 5.41) is 3.35. The fraction of sp³-hybridized carbons (Fsp3) is 0.111. The van der Waals surface area contributed by atoms with Gasteiger partial charge in [0.2, 0.25) is 0 Å². The number of halogens is 2. The van der Waals surface area contributed by atoms with Crippen molar-refractivity contribution in [3.05, 3.63) is 64.4 Å². The number of nitrogens with zero attached hydrogens (tertiary/aromatic N) is 2. The lowest BCUT2D eigenvalue weighted by molar-refractivity contribution is -0.123. The van der Waals surface area contributed by atoms with Gasteiger partial charge in [0.25, 0.3) is 5.91 Å². The SMILES string of the molecule is C[C@H](OC(=O)c1cnc2ccccc2n1)C(=O)Nc1cc(Cl)cc(Cl)c1. The Morgan fingerprint density at radius 1 is 1.08 bits per heavy atom. The fourth-order valence-corrected chi connectivity index (χ4v) is 2.73. The van der Waals surface area contributed by atoms with Crippen molar-refractivity contribution in [3.8, 4) is 0 Å². The van der Waals surface area contributed by atoms with Crippen LogP contribution in [0.5, 0.6) is 0 Å². The third-order valence-electron chi connectivity index (χ3n) is 3.44. The first-order valence-electron chi connectivity index (χ1n) is 7.62. The van der Waals surface area contributed by atoms with E-state index in [0.29, 0.717) is 26.8 Å². The lowest BCUT2D eigenvalue weighted by atomic mass is 10.3. The molecule has 1 amide bonds. The minimum Gasteiger partial charge on any atom is -0.448 e. The van der Waals surface area contributed by atoms with Gasteiger partial charge in [-0.05, 0) is 37.3 Å². The molecule has 1 aromatic heterocycles. The number of hydrogen-bond acceptors (Lipinski definition) is 5. The fourth-order valence-electron chi connectivity index (χ4n) is 2.20. The molecule has 0 saturated heterocycles. The number of carbonyl (C=O) groups excluding carboxylic acids is 2. The average Bonchev–Trinajstić information content (AvgIpc) is 2.60. The normalized spacial score (nSPS) is 11.8. The molecule has 0 aliphatic rings. The van der Waals surface area contributed by atoms with Crippen LogP contribution in [0.25, 0.3) is 11.0 Å². The average molecular weight is 390 g/mol. The molecule has 0 spiro atoms. The van der Waals surface area contributed by atoms with Gasteiger partial charge in [0.1, 0.15) is 0 Å². The molecular weight excluding hydrogens is 377 g/mol. The van der Waals surface area contributed by atoms with Crippen molar-refractivity contribution in [2.24, 2.45) is 0 Å². The van der Waals surface area contributed by atoms with Crippen LogP contribution in [0.3, 0.4) is 0 Å². The van der Waals surface area contributed by atoms with Crippen molar-refractivity contribution in [2.45, 2.75) is 13.0 Å². The summed E-state index contributed by atoms with van der Waals surface area (Å²) < 4.78 is 5.16. The van der Waals surface area contributed by atoms with Crippen LogP contribution in [0.1, 0.15) is 17.4 Å². The van der Waals surface area contributed by atoms with Crippen LogP contribution in [-0.2, 0) is 9.53 Å². The van der Waals surface area contributed by atoms with Crippen LogP contribution in [0, 0.1) is 0 Å². The van der Waals surface area contributed by atoms with E-state index in [-0.39, 0.29) is 5.69 Å². The molecule has 1 heterocycles. The Bertz CT molecular complexity index is 974. The number of hydrogen-bond donors (Lipinski definition) is 1. The number of carbonyl (C=O) groups is 2. The van der Waals surface area contributed by atoms with E-state index in [1.54, 1.807) is 24.3 Å². The summed E-state index contributed by atoms with van der Waals surface area (Å²) in [6, 6.07) is 11.7. The Morgan fingerprint density at radius 3 is 2.42 bits per heavy atom. The smallest absolute Gasteiger partial charge is 0.359 e. The van der Waals surface area contributed by atoms with Gasteiger partial charge in [-0.15, -0.1) is 0 Å². The van der Waals surface area contributed by atoms with E-state index in [9.17, 15) is 9.59 Å². The van der Waals surface area contributed by atoms with Crippen LogP contribution in [0.15, 0.2) is 48.7 Å². The first-order chi connectivity index (χ1) is 12.4.